The second kappa shape index (κ2) is 12.0. The molecule has 2 aromatic rings. The Morgan fingerprint density at radius 3 is 2.34 bits per heavy atom. The first kappa shape index (κ1) is 30.3. The molecule has 0 unspecified atom stereocenters. The second-order valence-electron chi connectivity index (χ2n) is 9.16. The molecular formula is C27H24F6N2O5S. The zero-order valence-corrected chi connectivity index (χ0v) is 22.6. The Kier molecular flexibility index (Phi) is 8.90. The highest BCUT2D eigenvalue weighted by Crippen LogP contribution is 2.39. The number of nitrogens with zero attached hydrogens (tertiary/aromatic N) is 2. The van der Waals surface area contributed by atoms with E-state index in [4.69, 9.17) is 14.2 Å². The van der Waals surface area contributed by atoms with Crippen LogP contribution < -0.4 is 9.47 Å². The molecule has 1 fully saturated rings. The van der Waals surface area contributed by atoms with Gasteiger partial charge in [0.1, 0.15) is 6.61 Å². The second-order valence-corrected chi connectivity index (χ2v) is 10.2. The van der Waals surface area contributed by atoms with E-state index in [9.17, 15) is 35.9 Å². The van der Waals surface area contributed by atoms with E-state index in [0.29, 0.717) is 47.6 Å². The molecule has 14 heteroatoms. The summed E-state index contributed by atoms with van der Waals surface area (Å²) in [6.07, 6.45) is -7.22. The molecule has 2 aliphatic heterocycles. The standard InChI is InChI=1S/C27H24F6N2O5S/c1-38-21-11-15(12-22-23(36)34-25(41-22)35-9-7-16(8-10-35)24(37)39-2)3-6-20(21)40-14-17-4-5-18(26(28,29)30)13-19(17)27(31,32)33/h3-6,11-13,16H,7-10,14H2,1-2H3/b22-12-. The topological polar surface area (TPSA) is 77.4 Å². The first-order valence-corrected chi connectivity index (χ1v) is 13.0. The van der Waals surface area contributed by atoms with Gasteiger partial charge in [0.2, 0.25) is 0 Å². The summed E-state index contributed by atoms with van der Waals surface area (Å²) in [6, 6.07) is 5.83. The van der Waals surface area contributed by atoms with Gasteiger partial charge < -0.3 is 19.1 Å². The molecule has 7 nitrogen and oxygen atoms in total. The van der Waals surface area contributed by atoms with Crippen LogP contribution in [-0.2, 0) is 33.3 Å². The highest BCUT2D eigenvalue weighted by Gasteiger charge is 2.38. The summed E-state index contributed by atoms with van der Waals surface area (Å²) in [5.41, 5.74) is -2.82. The third kappa shape index (κ3) is 7.16. The lowest BCUT2D eigenvalue weighted by Gasteiger charge is -2.31. The van der Waals surface area contributed by atoms with Crippen molar-refractivity contribution in [2.24, 2.45) is 10.9 Å². The molecule has 4 rings (SSSR count). The average molecular weight is 603 g/mol. The van der Waals surface area contributed by atoms with Crippen molar-refractivity contribution in [1.29, 1.82) is 0 Å². The van der Waals surface area contributed by atoms with Crippen LogP contribution in [0.25, 0.3) is 6.08 Å². The number of hydrogen-bond acceptors (Lipinski definition) is 7. The van der Waals surface area contributed by atoms with Crippen LogP contribution >= 0.6 is 11.8 Å². The normalized spacial score (nSPS) is 17.6. The fraction of sp³-hybridized carbons (Fsp3) is 0.370. The Labute approximate surface area is 235 Å². The molecule has 0 atom stereocenters. The predicted octanol–water partition coefficient (Wildman–Crippen LogP) is 6.17. The Morgan fingerprint density at radius 1 is 1.02 bits per heavy atom. The van der Waals surface area contributed by atoms with Gasteiger partial charge >= 0.3 is 18.3 Å². The van der Waals surface area contributed by atoms with Crippen LogP contribution in [0.1, 0.15) is 35.1 Å². The zero-order valence-electron chi connectivity index (χ0n) is 21.8. The number of piperidine rings is 1. The molecule has 220 valence electrons. The van der Waals surface area contributed by atoms with Crippen LogP contribution in [0.5, 0.6) is 11.5 Å². The number of hydrogen-bond donors (Lipinski definition) is 0. The van der Waals surface area contributed by atoms with Gasteiger partial charge in [0.05, 0.1) is 36.2 Å². The van der Waals surface area contributed by atoms with Gasteiger partial charge in [-0.1, -0.05) is 12.1 Å². The van der Waals surface area contributed by atoms with Crippen LogP contribution in [0.2, 0.25) is 0 Å². The summed E-state index contributed by atoms with van der Waals surface area (Å²) in [6.45, 7) is 0.421. The summed E-state index contributed by atoms with van der Waals surface area (Å²) < 4.78 is 94.8. The summed E-state index contributed by atoms with van der Waals surface area (Å²) >= 11 is 1.18. The number of aliphatic imine (C=N–C) groups is 1. The molecule has 0 bridgehead atoms. The minimum Gasteiger partial charge on any atom is -0.493 e. The van der Waals surface area contributed by atoms with Gasteiger partial charge in [-0.2, -0.15) is 31.3 Å². The van der Waals surface area contributed by atoms with Gasteiger partial charge in [0, 0.05) is 18.7 Å². The monoisotopic (exact) mass is 602 g/mol. The number of likely N-dealkylation sites (tertiary alicyclic amines) is 1. The summed E-state index contributed by atoms with van der Waals surface area (Å²) in [7, 11) is 2.66. The highest BCUT2D eigenvalue weighted by molar-refractivity contribution is 8.18. The molecule has 0 radical (unpaired) electrons. The predicted molar refractivity (Wildman–Crippen MR) is 138 cm³/mol. The van der Waals surface area contributed by atoms with Crippen molar-refractivity contribution in [1.82, 2.24) is 4.90 Å². The van der Waals surface area contributed by atoms with E-state index in [-0.39, 0.29) is 29.5 Å². The Bertz CT molecular complexity index is 1380. The molecule has 0 N–H and O–H groups in total. The van der Waals surface area contributed by atoms with Crippen molar-refractivity contribution >= 4 is 34.9 Å². The van der Waals surface area contributed by atoms with Crippen molar-refractivity contribution < 1.29 is 50.1 Å². The quantitative estimate of drug-likeness (QED) is 0.223. The molecular weight excluding hydrogens is 578 g/mol. The van der Waals surface area contributed by atoms with Crippen molar-refractivity contribution in [3.63, 3.8) is 0 Å². The van der Waals surface area contributed by atoms with Crippen molar-refractivity contribution in [3.8, 4) is 11.5 Å². The lowest BCUT2D eigenvalue weighted by atomic mass is 9.97. The third-order valence-corrected chi connectivity index (χ3v) is 7.56. The zero-order chi connectivity index (χ0) is 29.9. The molecule has 41 heavy (non-hydrogen) atoms. The van der Waals surface area contributed by atoms with E-state index >= 15 is 0 Å². The molecule has 0 aromatic heterocycles. The number of esters is 1. The van der Waals surface area contributed by atoms with E-state index in [2.05, 4.69) is 4.99 Å². The largest absolute Gasteiger partial charge is 0.493 e. The SMILES string of the molecule is COC(=O)C1CCN(C2=NC(=O)/C(=C/c3ccc(OCc4ccc(C(F)(F)F)cc4C(F)(F)F)c(OC)c3)S2)CC1. The number of alkyl halides is 6. The molecule has 2 heterocycles. The third-order valence-electron chi connectivity index (χ3n) is 6.52. The van der Waals surface area contributed by atoms with Gasteiger partial charge in [0.25, 0.3) is 5.91 Å². The maximum Gasteiger partial charge on any atom is 0.416 e. The van der Waals surface area contributed by atoms with E-state index in [0.717, 1.165) is 6.07 Å². The van der Waals surface area contributed by atoms with Crippen molar-refractivity contribution in [3.05, 3.63) is 63.6 Å². The average Bonchev–Trinajstić information content (AvgIpc) is 3.30. The number of amidine groups is 1. The minimum atomic E-state index is -5.02. The lowest BCUT2D eigenvalue weighted by molar-refractivity contribution is -0.147. The molecule has 0 saturated carbocycles. The summed E-state index contributed by atoms with van der Waals surface area (Å²) in [5.74, 6) is -0.702. The van der Waals surface area contributed by atoms with Crippen molar-refractivity contribution in [2.75, 3.05) is 27.3 Å². The number of ether oxygens (including phenoxy) is 3. The van der Waals surface area contributed by atoms with Gasteiger partial charge in [-0.15, -0.1) is 0 Å². The smallest absolute Gasteiger partial charge is 0.416 e. The Morgan fingerprint density at radius 2 is 1.73 bits per heavy atom. The molecule has 1 amide bonds. The van der Waals surface area contributed by atoms with Gasteiger partial charge in [-0.25, -0.2) is 0 Å². The summed E-state index contributed by atoms with van der Waals surface area (Å²) in [4.78, 5) is 30.7. The number of thioether (sulfide) groups is 1. The van der Waals surface area contributed by atoms with Crippen LogP contribution in [0.4, 0.5) is 26.3 Å². The van der Waals surface area contributed by atoms with Gasteiger partial charge in [0.15, 0.2) is 16.7 Å². The number of benzene rings is 2. The van der Waals surface area contributed by atoms with E-state index < -0.39 is 41.6 Å². The molecule has 1 saturated heterocycles. The fourth-order valence-electron chi connectivity index (χ4n) is 4.35. The fourth-order valence-corrected chi connectivity index (χ4v) is 5.31. The molecule has 2 aromatic carbocycles. The van der Waals surface area contributed by atoms with E-state index in [1.54, 1.807) is 12.1 Å². The lowest BCUT2D eigenvalue weighted by Crippen LogP contribution is -2.38. The Balaban J connectivity index is 1.45. The maximum atomic E-state index is 13.5. The number of carbonyl (C=O) groups is 2. The number of amides is 1. The van der Waals surface area contributed by atoms with E-state index in [1.807, 2.05) is 4.90 Å². The van der Waals surface area contributed by atoms with Crippen LogP contribution in [0, 0.1) is 5.92 Å². The van der Waals surface area contributed by atoms with Crippen molar-refractivity contribution in [2.45, 2.75) is 31.8 Å². The van der Waals surface area contributed by atoms with E-state index in [1.165, 1.54) is 38.1 Å². The molecule has 0 spiro atoms. The first-order valence-electron chi connectivity index (χ1n) is 12.2. The summed E-state index contributed by atoms with van der Waals surface area (Å²) in [5, 5.41) is 0.522. The Hall–Kier alpha value is -3.68. The maximum absolute atomic E-state index is 13.5. The number of rotatable bonds is 6. The molecule has 2 aliphatic rings. The molecule has 0 aliphatic carbocycles. The van der Waals surface area contributed by atoms with Crippen LogP contribution in [0.15, 0.2) is 46.3 Å². The minimum absolute atomic E-state index is 0.0542. The van der Waals surface area contributed by atoms with Crippen LogP contribution in [0.3, 0.4) is 0 Å². The number of methoxy groups -OCH3 is 2. The number of halogens is 6. The van der Waals surface area contributed by atoms with Crippen LogP contribution in [-0.4, -0.2) is 49.3 Å². The first-order chi connectivity index (χ1) is 19.3. The highest BCUT2D eigenvalue weighted by atomic mass is 32.2. The van der Waals surface area contributed by atoms with Gasteiger partial charge in [-0.05, 0) is 60.5 Å². The number of carbonyl (C=O) groups excluding carboxylic acids is 2. The van der Waals surface area contributed by atoms with Gasteiger partial charge in [-0.3, -0.25) is 9.59 Å².